The summed E-state index contributed by atoms with van der Waals surface area (Å²) in [6, 6.07) is 6.27. The molecule has 4 heteroatoms. The minimum atomic E-state index is 0.962. The van der Waals surface area contributed by atoms with E-state index in [9.17, 15) is 0 Å². The molecule has 0 radical (unpaired) electrons. The summed E-state index contributed by atoms with van der Waals surface area (Å²) in [6.45, 7) is 2.12. The second kappa shape index (κ2) is 2.29. The van der Waals surface area contributed by atoms with Crippen molar-refractivity contribution in [2.24, 2.45) is 0 Å². The first-order valence-corrected chi connectivity index (χ1v) is 4.86. The van der Waals surface area contributed by atoms with Crippen LogP contribution in [0.25, 0.3) is 15.2 Å². The van der Waals surface area contributed by atoms with Gasteiger partial charge in [0.05, 0.1) is 10.2 Å². The summed E-state index contributed by atoms with van der Waals surface area (Å²) in [4.78, 5) is 0.962. The number of benzene rings is 1. The third-order valence-electron chi connectivity index (χ3n) is 2.16. The van der Waals surface area contributed by atoms with E-state index in [2.05, 4.69) is 35.3 Å². The van der Waals surface area contributed by atoms with Gasteiger partial charge in [0.1, 0.15) is 6.33 Å². The summed E-state index contributed by atoms with van der Waals surface area (Å²) in [5, 5.41) is 7.89. The minimum absolute atomic E-state index is 0.962. The molecule has 0 bridgehead atoms. The van der Waals surface area contributed by atoms with E-state index >= 15 is 0 Å². The molecule has 0 atom stereocenters. The van der Waals surface area contributed by atoms with Crippen molar-refractivity contribution in [2.45, 2.75) is 6.92 Å². The Morgan fingerprint density at radius 3 is 3.23 bits per heavy atom. The average molecular weight is 189 g/mol. The molecule has 0 aliphatic rings. The quantitative estimate of drug-likeness (QED) is 0.543. The van der Waals surface area contributed by atoms with Crippen LogP contribution in [0.1, 0.15) is 5.56 Å². The molecule has 0 unspecified atom stereocenters. The molecule has 0 aliphatic heterocycles. The Bertz CT molecular complexity index is 579. The minimum Gasteiger partial charge on any atom is -0.272 e. The maximum atomic E-state index is 4.03. The number of aromatic nitrogens is 3. The molecule has 3 rings (SSSR count). The summed E-state index contributed by atoms with van der Waals surface area (Å²) < 4.78 is 3.32. The zero-order valence-electron chi connectivity index (χ0n) is 7.06. The van der Waals surface area contributed by atoms with E-state index in [1.165, 1.54) is 15.8 Å². The summed E-state index contributed by atoms with van der Waals surface area (Å²) in [7, 11) is 0. The molecule has 3 aromatic rings. The van der Waals surface area contributed by atoms with Crippen LogP contribution in [-0.2, 0) is 0 Å². The summed E-state index contributed by atoms with van der Waals surface area (Å²) in [5.74, 6) is 0. The first-order chi connectivity index (χ1) is 6.36. The maximum Gasteiger partial charge on any atom is 0.217 e. The molecule has 0 spiro atoms. The third-order valence-corrected chi connectivity index (χ3v) is 3.36. The Balaban J connectivity index is 2.66. The molecule has 2 heterocycles. The lowest BCUT2D eigenvalue weighted by atomic mass is 10.2. The van der Waals surface area contributed by atoms with Crippen molar-refractivity contribution in [1.82, 2.24) is 14.6 Å². The van der Waals surface area contributed by atoms with Gasteiger partial charge in [-0.1, -0.05) is 23.5 Å². The highest BCUT2D eigenvalue weighted by Gasteiger charge is 2.06. The summed E-state index contributed by atoms with van der Waals surface area (Å²) in [6.07, 6.45) is 1.76. The Morgan fingerprint density at radius 2 is 2.31 bits per heavy atom. The fourth-order valence-electron chi connectivity index (χ4n) is 1.51. The van der Waals surface area contributed by atoms with Crippen LogP contribution in [0.3, 0.4) is 0 Å². The van der Waals surface area contributed by atoms with Crippen molar-refractivity contribution < 1.29 is 0 Å². The van der Waals surface area contributed by atoms with E-state index in [1.807, 2.05) is 4.40 Å². The smallest absolute Gasteiger partial charge is 0.217 e. The van der Waals surface area contributed by atoms with Crippen LogP contribution < -0.4 is 0 Å². The van der Waals surface area contributed by atoms with Gasteiger partial charge in [0.2, 0.25) is 4.96 Å². The van der Waals surface area contributed by atoms with Crippen LogP contribution in [0.4, 0.5) is 0 Å². The van der Waals surface area contributed by atoms with Crippen LogP contribution in [0.5, 0.6) is 0 Å². The first-order valence-electron chi connectivity index (χ1n) is 4.04. The average Bonchev–Trinajstić information content (AvgIpc) is 2.65. The lowest BCUT2D eigenvalue weighted by molar-refractivity contribution is 1.11. The fourth-order valence-corrected chi connectivity index (χ4v) is 2.52. The summed E-state index contributed by atoms with van der Waals surface area (Å²) >= 11 is 1.68. The number of hydrogen-bond donors (Lipinski definition) is 0. The van der Waals surface area contributed by atoms with Gasteiger partial charge < -0.3 is 0 Å². The van der Waals surface area contributed by atoms with E-state index in [4.69, 9.17) is 0 Å². The predicted molar refractivity (Wildman–Crippen MR) is 53.1 cm³/mol. The van der Waals surface area contributed by atoms with Crippen LogP contribution in [0, 0.1) is 6.92 Å². The molecule has 0 fully saturated rings. The monoisotopic (exact) mass is 189 g/mol. The number of hydrogen-bond acceptors (Lipinski definition) is 3. The number of nitrogens with zero attached hydrogens (tertiary/aromatic N) is 3. The highest BCUT2D eigenvalue weighted by Crippen LogP contribution is 2.27. The second-order valence-electron chi connectivity index (χ2n) is 3.01. The van der Waals surface area contributed by atoms with Gasteiger partial charge in [-0.15, -0.1) is 10.2 Å². The fraction of sp³-hybridized carbons (Fsp3) is 0.111. The third kappa shape index (κ3) is 0.833. The lowest BCUT2D eigenvalue weighted by Crippen LogP contribution is -1.77. The van der Waals surface area contributed by atoms with Crippen LogP contribution in [-0.4, -0.2) is 14.6 Å². The van der Waals surface area contributed by atoms with Gasteiger partial charge in [-0.3, -0.25) is 4.40 Å². The Kier molecular flexibility index (Phi) is 1.24. The van der Waals surface area contributed by atoms with Gasteiger partial charge in [-0.05, 0) is 18.6 Å². The van der Waals surface area contributed by atoms with Gasteiger partial charge in [0, 0.05) is 0 Å². The van der Waals surface area contributed by atoms with Crippen molar-refractivity contribution >= 4 is 26.5 Å². The van der Waals surface area contributed by atoms with E-state index in [0.717, 1.165) is 4.96 Å². The zero-order valence-corrected chi connectivity index (χ0v) is 7.88. The molecule has 0 saturated heterocycles. The largest absolute Gasteiger partial charge is 0.272 e. The van der Waals surface area contributed by atoms with Crippen LogP contribution >= 0.6 is 11.3 Å². The van der Waals surface area contributed by atoms with Gasteiger partial charge >= 0.3 is 0 Å². The molecule has 13 heavy (non-hydrogen) atoms. The van der Waals surface area contributed by atoms with Gasteiger partial charge in [-0.2, -0.15) is 0 Å². The first kappa shape index (κ1) is 7.03. The standard InChI is InChI=1S/C9H7N3S/c1-6-3-2-4-7-8(6)13-9-11-10-5-12(7)9/h2-5H,1H3. The van der Waals surface area contributed by atoms with Gasteiger partial charge in [0.25, 0.3) is 0 Å². The molecule has 0 N–H and O–H groups in total. The summed E-state index contributed by atoms with van der Waals surface area (Å²) in [5.41, 5.74) is 2.50. The number of thiazole rings is 1. The van der Waals surface area contributed by atoms with Gasteiger partial charge in [-0.25, -0.2) is 0 Å². The highest BCUT2D eigenvalue weighted by molar-refractivity contribution is 7.23. The Labute approximate surface area is 78.6 Å². The molecule has 0 amide bonds. The topological polar surface area (TPSA) is 30.2 Å². The lowest BCUT2D eigenvalue weighted by Gasteiger charge is -1.92. The Hall–Kier alpha value is -1.42. The van der Waals surface area contributed by atoms with E-state index in [0.29, 0.717) is 0 Å². The van der Waals surface area contributed by atoms with Crippen molar-refractivity contribution in [3.8, 4) is 0 Å². The zero-order chi connectivity index (χ0) is 8.84. The molecule has 64 valence electrons. The number of rotatable bonds is 0. The van der Waals surface area contributed by atoms with E-state index < -0.39 is 0 Å². The van der Waals surface area contributed by atoms with Crippen molar-refractivity contribution in [3.63, 3.8) is 0 Å². The molecular weight excluding hydrogens is 182 g/mol. The predicted octanol–water partition coefficient (Wildman–Crippen LogP) is 2.25. The van der Waals surface area contributed by atoms with Crippen LogP contribution in [0.2, 0.25) is 0 Å². The highest BCUT2D eigenvalue weighted by atomic mass is 32.1. The maximum absolute atomic E-state index is 4.03. The molecule has 2 aromatic heterocycles. The van der Waals surface area contributed by atoms with Crippen molar-refractivity contribution in [1.29, 1.82) is 0 Å². The molecule has 0 aliphatic carbocycles. The van der Waals surface area contributed by atoms with Crippen LogP contribution in [0.15, 0.2) is 24.5 Å². The SMILES string of the molecule is Cc1cccc2c1sc1nncn12. The number of aryl methyl sites for hydroxylation is 1. The molecular formula is C9H7N3S. The molecule has 1 aromatic carbocycles. The normalized spacial score (nSPS) is 11.5. The Morgan fingerprint density at radius 1 is 1.38 bits per heavy atom. The van der Waals surface area contributed by atoms with Crippen molar-refractivity contribution in [3.05, 3.63) is 30.1 Å². The van der Waals surface area contributed by atoms with E-state index in [-0.39, 0.29) is 0 Å². The molecule has 0 saturated carbocycles. The van der Waals surface area contributed by atoms with Gasteiger partial charge in [0.15, 0.2) is 0 Å². The second-order valence-corrected chi connectivity index (χ2v) is 3.99. The molecule has 3 nitrogen and oxygen atoms in total. The van der Waals surface area contributed by atoms with Crippen molar-refractivity contribution in [2.75, 3.05) is 0 Å². The number of fused-ring (bicyclic) bond motifs is 3. The van der Waals surface area contributed by atoms with E-state index in [1.54, 1.807) is 17.7 Å².